The number of nitrogens with one attached hydrogen (secondary N) is 2. The van der Waals surface area contributed by atoms with Crippen LogP contribution in [-0.4, -0.2) is 52.1 Å². The number of aliphatic hydroxyl groups excluding tert-OH is 1. The van der Waals surface area contributed by atoms with Gasteiger partial charge in [0.2, 0.25) is 0 Å². The van der Waals surface area contributed by atoms with Gasteiger partial charge in [-0.1, -0.05) is 12.1 Å². The van der Waals surface area contributed by atoms with Crippen LogP contribution in [0.2, 0.25) is 0 Å². The fourth-order valence-corrected chi connectivity index (χ4v) is 3.00. The van der Waals surface area contributed by atoms with Crippen molar-refractivity contribution in [3.8, 4) is 5.75 Å². The van der Waals surface area contributed by atoms with Crippen LogP contribution in [0.3, 0.4) is 0 Å². The molecule has 27 heavy (non-hydrogen) atoms. The Balaban J connectivity index is 0.00000261. The summed E-state index contributed by atoms with van der Waals surface area (Å²) in [6, 6.07) is 7.65. The molecular weight excluding hydrogens is 459 g/mol. The number of benzene rings is 1. The highest BCUT2D eigenvalue weighted by atomic mass is 127. The molecule has 0 saturated carbocycles. The first-order chi connectivity index (χ1) is 12.7. The van der Waals surface area contributed by atoms with Gasteiger partial charge in [0, 0.05) is 19.0 Å². The number of fused-ring (bicyclic) bond motifs is 1. The summed E-state index contributed by atoms with van der Waals surface area (Å²) in [5.74, 6) is 2.45. The summed E-state index contributed by atoms with van der Waals surface area (Å²) in [4.78, 5) is 8.79. The van der Waals surface area contributed by atoms with Crippen LogP contribution in [0, 0.1) is 0 Å². The highest BCUT2D eigenvalue weighted by molar-refractivity contribution is 14.0. The Morgan fingerprint density at radius 2 is 2.33 bits per heavy atom. The predicted octanol–water partition coefficient (Wildman–Crippen LogP) is 1.51. The summed E-state index contributed by atoms with van der Waals surface area (Å²) < 4.78 is 7.13. The van der Waals surface area contributed by atoms with Crippen molar-refractivity contribution in [3.05, 3.63) is 42.0 Å². The monoisotopic (exact) mass is 486 g/mol. The minimum absolute atomic E-state index is 0. The number of aryl methyl sites for hydroxylation is 1. The van der Waals surface area contributed by atoms with Crippen LogP contribution in [0.5, 0.6) is 5.75 Å². The van der Waals surface area contributed by atoms with E-state index in [9.17, 15) is 5.11 Å². The van der Waals surface area contributed by atoms with Gasteiger partial charge in [0.05, 0.1) is 26.3 Å². The van der Waals surface area contributed by atoms with Gasteiger partial charge < -0.3 is 20.5 Å². The van der Waals surface area contributed by atoms with Crippen molar-refractivity contribution in [1.29, 1.82) is 0 Å². The first kappa shape index (κ1) is 21.4. The molecular formula is C18H27IN6O2. The van der Waals surface area contributed by atoms with E-state index < -0.39 is 6.10 Å². The predicted molar refractivity (Wildman–Crippen MR) is 115 cm³/mol. The Hall–Kier alpha value is -1.88. The van der Waals surface area contributed by atoms with Crippen molar-refractivity contribution in [2.45, 2.75) is 38.5 Å². The zero-order chi connectivity index (χ0) is 18.4. The Labute approximate surface area is 176 Å². The van der Waals surface area contributed by atoms with Crippen LogP contribution in [0.4, 0.5) is 0 Å². The topological polar surface area (TPSA) is 96.6 Å². The number of nitrogens with zero attached hydrogens (tertiary/aromatic N) is 4. The van der Waals surface area contributed by atoms with Gasteiger partial charge in [-0.2, -0.15) is 5.10 Å². The first-order valence-corrected chi connectivity index (χ1v) is 8.93. The smallest absolute Gasteiger partial charge is 0.191 e. The second-order valence-electron chi connectivity index (χ2n) is 6.25. The SMILES string of the molecule is CCNC(=NCC(O)c1cccc(OC)c1)NC1CCc2ncnn2C1.I. The summed E-state index contributed by atoms with van der Waals surface area (Å²) >= 11 is 0. The molecule has 1 aromatic carbocycles. The first-order valence-electron chi connectivity index (χ1n) is 8.93. The lowest BCUT2D eigenvalue weighted by atomic mass is 10.1. The summed E-state index contributed by atoms with van der Waals surface area (Å²) in [5, 5.41) is 21.3. The highest BCUT2D eigenvalue weighted by Gasteiger charge is 2.20. The van der Waals surface area contributed by atoms with Gasteiger partial charge in [-0.05, 0) is 31.0 Å². The zero-order valence-corrected chi connectivity index (χ0v) is 18.0. The fraction of sp³-hybridized carbons (Fsp3) is 0.500. The molecule has 1 aromatic heterocycles. The average molecular weight is 486 g/mol. The lowest BCUT2D eigenvalue weighted by molar-refractivity contribution is 0.186. The Morgan fingerprint density at radius 1 is 1.48 bits per heavy atom. The van der Waals surface area contributed by atoms with Gasteiger partial charge in [-0.15, -0.1) is 24.0 Å². The molecule has 0 fully saturated rings. The molecule has 9 heteroatoms. The molecule has 0 aliphatic carbocycles. The van der Waals surface area contributed by atoms with Crippen molar-refractivity contribution in [2.24, 2.45) is 4.99 Å². The molecule has 1 aliphatic heterocycles. The Bertz CT molecular complexity index is 751. The zero-order valence-electron chi connectivity index (χ0n) is 15.6. The fourth-order valence-electron chi connectivity index (χ4n) is 3.00. The van der Waals surface area contributed by atoms with Crippen molar-refractivity contribution in [3.63, 3.8) is 0 Å². The van der Waals surface area contributed by atoms with E-state index in [0.29, 0.717) is 5.96 Å². The van der Waals surface area contributed by atoms with Crippen molar-refractivity contribution in [1.82, 2.24) is 25.4 Å². The third-order valence-electron chi connectivity index (χ3n) is 4.39. The molecule has 0 bridgehead atoms. The highest BCUT2D eigenvalue weighted by Crippen LogP contribution is 2.19. The van der Waals surface area contributed by atoms with E-state index in [1.807, 2.05) is 35.9 Å². The number of aliphatic imine (C=N–C) groups is 1. The van der Waals surface area contributed by atoms with Gasteiger partial charge in [0.25, 0.3) is 0 Å². The van der Waals surface area contributed by atoms with Gasteiger partial charge in [-0.25, -0.2) is 9.67 Å². The van der Waals surface area contributed by atoms with Crippen molar-refractivity contribution in [2.75, 3.05) is 20.2 Å². The van der Waals surface area contributed by atoms with Crippen LogP contribution in [0.15, 0.2) is 35.6 Å². The summed E-state index contributed by atoms with van der Waals surface area (Å²) in [7, 11) is 1.61. The van der Waals surface area contributed by atoms with E-state index in [-0.39, 0.29) is 36.6 Å². The minimum atomic E-state index is -0.686. The maximum atomic E-state index is 10.4. The summed E-state index contributed by atoms with van der Waals surface area (Å²) in [6.07, 6.45) is 2.78. The average Bonchev–Trinajstić information content (AvgIpc) is 3.14. The van der Waals surface area contributed by atoms with Gasteiger partial charge in [0.1, 0.15) is 17.9 Å². The van der Waals surface area contributed by atoms with E-state index >= 15 is 0 Å². The Morgan fingerprint density at radius 3 is 3.11 bits per heavy atom. The lowest BCUT2D eigenvalue weighted by Gasteiger charge is -2.25. The number of halogens is 1. The van der Waals surface area contributed by atoms with E-state index in [4.69, 9.17) is 4.74 Å². The van der Waals surface area contributed by atoms with Crippen LogP contribution >= 0.6 is 24.0 Å². The molecule has 2 unspecified atom stereocenters. The second-order valence-corrected chi connectivity index (χ2v) is 6.25. The van der Waals surface area contributed by atoms with E-state index in [2.05, 4.69) is 25.7 Å². The number of ether oxygens (including phenoxy) is 1. The molecule has 2 heterocycles. The number of methoxy groups -OCH3 is 1. The van der Waals surface area contributed by atoms with Gasteiger partial charge in [-0.3, -0.25) is 4.99 Å². The summed E-state index contributed by atoms with van der Waals surface area (Å²) in [5.41, 5.74) is 0.786. The van der Waals surface area contributed by atoms with E-state index in [1.54, 1.807) is 13.4 Å². The number of aromatic nitrogens is 3. The molecule has 1 aliphatic rings. The molecule has 2 aromatic rings. The number of hydrogen-bond donors (Lipinski definition) is 3. The lowest BCUT2D eigenvalue weighted by Crippen LogP contribution is -2.47. The van der Waals surface area contributed by atoms with E-state index in [1.165, 1.54) is 0 Å². The molecule has 148 valence electrons. The van der Waals surface area contributed by atoms with Crippen LogP contribution in [-0.2, 0) is 13.0 Å². The molecule has 0 radical (unpaired) electrons. The van der Waals surface area contributed by atoms with Gasteiger partial charge >= 0.3 is 0 Å². The van der Waals surface area contributed by atoms with Crippen LogP contribution in [0.25, 0.3) is 0 Å². The van der Waals surface area contributed by atoms with Crippen LogP contribution in [0.1, 0.15) is 30.8 Å². The molecule has 3 N–H and O–H groups in total. The number of rotatable bonds is 6. The maximum absolute atomic E-state index is 10.4. The molecule has 8 nitrogen and oxygen atoms in total. The molecule has 2 atom stereocenters. The second kappa shape index (κ2) is 10.5. The third-order valence-corrected chi connectivity index (χ3v) is 4.39. The molecule has 0 saturated heterocycles. The third kappa shape index (κ3) is 5.80. The largest absolute Gasteiger partial charge is 0.497 e. The molecule has 3 rings (SSSR count). The standard InChI is InChI=1S/C18H26N6O2.HI/c1-3-19-18(23-14-7-8-17-21-12-22-24(17)11-14)20-10-16(25)13-5-4-6-15(9-13)26-2;/h4-6,9,12,14,16,25H,3,7-8,10-11H2,1-2H3,(H2,19,20,23);1H. The molecule has 0 spiro atoms. The van der Waals surface area contributed by atoms with Crippen molar-refractivity contribution < 1.29 is 9.84 Å². The number of hydrogen-bond acceptors (Lipinski definition) is 5. The number of aliphatic hydroxyl groups is 1. The van der Waals surface area contributed by atoms with Gasteiger partial charge in [0.15, 0.2) is 5.96 Å². The molecule has 0 amide bonds. The quantitative estimate of drug-likeness (QED) is 0.326. The Kier molecular flexibility index (Phi) is 8.29. The van der Waals surface area contributed by atoms with E-state index in [0.717, 1.165) is 43.1 Å². The van der Waals surface area contributed by atoms with Crippen molar-refractivity contribution >= 4 is 29.9 Å². The number of guanidine groups is 1. The normalized spacial score (nSPS) is 17.4. The maximum Gasteiger partial charge on any atom is 0.191 e. The van der Waals surface area contributed by atoms with Crippen LogP contribution < -0.4 is 15.4 Å². The summed E-state index contributed by atoms with van der Waals surface area (Å²) in [6.45, 7) is 3.80. The minimum Gasteiger partial charge on any atom is -0.497 e.